The highest BCUT2D eigenvalue weighted by atomic mass is 19.1. The number of benzene rings is 3. The summed E-state index contributed by atoms with van der Waals surface area (Å²) in [7, 11) is 0. The van der Waals surface area contributed by atoms with Gasteiger partial charge in [-0.25, -0.2) is 4.39 Å². The van der Waals surface area contributed by atoms with Crippen molar-refractivity contribution in [2.45, 2.75) is 57.7 Å². The Morgan fingerprint density at radius 2 is 1.65 bits per heavy atom. The van der Waals surface area contributed by atoms with Gasteiger partial charge in [-0.3, -0.25) is 9.59 Å². The van der Waals surface area contributed by atoms with Crippen molar-refractivity contribution in [3.05, 3.63) is 89.7 Å². The van der Waals surface area contributed by atoms with Crippen molar-refractivity contribution in [2.75, 3.05) is 6.61 Å². The van der Waals surface area contributed by atoms with Crippen LogP contribution in [0.2, 0.25) is 0 Å². The highest BCUT2D eigenvalue weighted by Crippen LogP contribution is 2.41. The first-order chi connectivity index (χ1) is 17.9. The molecule has 0 bridgehead atoms. The molecule has 1 aliphatic rings. The summed E-state index contributed by atoms with van der Waals surface area (Å²) in [6.45, 7) is 2.82. The van der Waals surface area contributed by atoms with Crippen molar-refractivity contribution < 1.29 is 28.9 Å². The van der Waals surface area contributed by atoms with Crippen LogP contribution in [0.15, 0.2) is 72.8 Å². The van der Waals surface area contributed by atoms with Crippen LogP contribution >= 0.6 is 0 Å². The van der Waals surface area contributed by atoms with Gasteiger partial charge in [0.2, 0.25) is 0 Å². The van der Waals surface area contributed by atoms with Crippen molar-refractivity contribution in [1.82, 2.24) is 4.90 Å². The molecule has 0 radical (unpaired) electrons. The maximum absolute atomic E-state index is 14.1. The molecule has 0 aromatic heterocycles. The molecule has 7 heteroatoms. The minimum atomic E-state index is -1.14. The molecule has 0 aliphatic heterocycles. The molecule has 3 aromatic carbocycles. The third kappa shape index (κ3) is 7.64. The number of carbonyl (C=O) groups is 2. The number of amides is 1. The molecule has 196 valence electrons. The molecule has 1 amide bonds. The van der Waals surface area contributed by atoms with Crippen LogP contribution in [-0.2, 0) is 11.3 Å². The Hall–Kier alpha value is -3.71. The van der Waals surface area contributed by atoms with Crippen LogP contribution in [-0.4, -0.2) is 39.8 Å². The highest BCUT2D eigenvalue weighted by molar-refractivity contribution is 5.95. The first-order valence-electron chi connectivity index (χ1n) is 12.6. The van der Waals surface area contributed by atoms with Gasteiger partial charge in [0.15, 0.2) is 0 Å². The summed E-state index contributed by atoms with van der Waals surface area (Å²) in [6.07, 6.45) is 5.58. The van der Waals surface area contributed by atoms with E-state index in [-0.39, 0.29) is 24.7 Å². The standard InChI is InChI=1S/C29H32FNO3.CH2O2/c1-2-3-4-9-20-34-27-13-8-5-10-24(27)21-31(29(33)18-19-29)28(32)23-16-14-22(15-17-23)25-11-6-7-12-26(25)30;2-1-3/h5-8,10-17,33H,2-4,9,18-21H2,1H3;1H,(H,2,3). The molecule has 1 aliphatic carbocycles. The zero-order valence-corrected chi connectivity index (χ0v) is 21.1. The van der Waals surface area contributed by atoms with Gasteiger partial charge in [-0.2, -0.15) is 0 Å². The van der Waals surface area contributed by atoms with Gasteiger partial charge in [0, 0.05) is 16.7 Å². The average Bonchev–Trinajstić information content (AvgIpc) is 3.66. The largest absolute Gasteiger partial charge is 0.493 e. The number of aliphatic hydroxyl groups is 1. The summed E-state index contributed by atoms with van der Waals surface area (Å²) in [5, 5.41) is 17.8. The predicted octanol–water partition coefficient (Wildman–Crippen LogP) is 6.28. The molecule has 6 nitrogen and oxygen atoms in total. The summed E-state index contributed by atoms with van der Waals surface area (Å²) in [6, 6.07) is 21.1. The lowest BCUT2D eigenvalue weighted by Crippen LogP contribution is -2.41. The second-order valence-electron chi connectivity index (χ2n) is 9.05. The Morgan fingerprint density at radius 3 is 2.30 bits per heavy atom. The van der Waals surface area contributed by atoms with Gasteiger partial charge in [0.05, 0.1) is 13.2 Å². The van der Waals surface area contributed by atoms with Crippen LogP contribution in [0.5, 0.6) is 5.75 Å². The second-order valence-corrected chi connectivity index (χ2v) is 9.05. The number of carboxylic acid groups (broad SMARTS) is 1. The molecule has 3 aromatic rings. The van der Waals surface area contributed by atoms with Crippen molar-refractivity contribution >= 4 is 12.4 Å². The Balaban J connectivity index is 0.00000121. The van der Waals surface area contributed by atoms with Crippen molar-refractivity contribution in [1.29, 1.82) is 0 Å². The predicted molar refractivity (Wildman–Crippen MR) is 141 cm³/mol. The summed E-state index contributed by atoms with van der Waals surface area (Å²) in [4.78, 5) is 23.3. The average molecular weight is 508 g/mol. The lowest BCUT2D eigenvalue weighted by molar-refractivity contribution is -0.122. The molecule has 4 rings (SSSR count). The van der Waals surface area contributed by atoms with E-state index in [1.807, 2.05) is 24.3 Å². The summed E-state index contributed by atoms with van der Waals surface area (Å²) < 4.78 is 20.2. The fourth-order valence-electron chi connectivity index (χ4n) is 4.09. The van der Waals surface area contributed by atoms with E-state index in [1.54, 1.807) is 42.5 Å². The number of rotatable bonds is 11. The fourth-order valence-corrected chi connectivity index (χ4v) is 4.09. The van der Waals surface area contributed by atoms with E-state index in [0.717, 1.165) is 24.2 Å². The van der Waals surface area contributed by atoms with Gasteiger partial charge in [0.1, 0.15) is 17.3 Å². The zero-order valence-electron chi connectivity index (χ0n) is 21.1. The number of nitrogens with zero attached hydrogens (tertiary/aromatic N) is 1. The fraction of sp³-hybridized carbons (Fsp3) is 0.333. The number of unbranched alkanes of at least 4 members (excludes halogenated alkanes) is 3. The summed E-state index contributed by atoms with van der Waals surface area (Å²) >= 11 is 0. The van der Waals surface area contributed by atoms with E-state index in [0.29, 0.717) is 36.1 Å². The van der Waals surface area contributed by atoms with Gasteiger partial charge in [-0.1, -0.05) is 74.7 Å². The number of carbonyl (C=O) groups excluding carboxylic acids is 1. The maximum Gasteiger partial charge on any atom is 0.290 e. The number of halogens is 1. The van der Waals surface area contributed by atoms with Crippen LogP contribution in [0.25, 0.3) is 11.1 Å². The van der Waals surface area contributed by atoms with Crippen LogP contribution in [0.4, 0.5) is 4.39 Å². The van der Waals surface area contributed by atoms with E-state index < -0.39 is 5.72 Å². The van der Waals surface area contributed by atoms with Gasteiger partial charge >= 0.3 is 0 Å². The van der Waals surface area contributed by atoms with Crippen LogP contribution in [0.1, 0.15) is 61.4 Å². The highest BCUT2D eigenvalue weighted by Gasteiger charge is 2.49. The number of hydrogen-bond donors (Lipinski definition) is 2. The van der Waals surface area contributed by atoms with Crippen LogP contribution in [0.3, 0.4) is 0 Å². The Labute approximate surface area is 217 Å². The molecule has 37 heavy (non-hydrogen) atoms. The molecule has 0 heterocycles. The van der Waals surface area contributed by atoms with Gasteiger partial charge in [-0.05, 0) is 49.1 Å². The minimum absolute atomic E-state index is 0.250. The van der Waals surface area contributed by atoms with Gasteiger partial charge < -0.3 is 19.8 Å². The Bertz CT molecular complexity index is 1160. The zero-order chi connectivity index (χ0) is 26.7. The normalized spacial score (nSPS) is 13.2. The quantitative estimate of drug-likeness (QED) is 0.181. The number of hydrogen-bond acceptors (Lipinski definition) is 4. The van der Waals surface area contributed by atoms with Gasteiger partial charge in [-0.15, -0.1) is 0 Å². The first kappa shape index (κ1) is 27.9. The topological polar surface area (TPSA) is 87.1 Å². The third-order valence-electron chi connectivity index (χ3n) is 6.32. The third-order valence-corrected chi connectivity index (χ3v) is 6.32. The molecule has 0 saturated heterocycles. The van der Waals surface area contributed by atoms with Crippen molar-refractivity contribution in [3.8, 4) is 16.9 Å². The molecule has 1 saturated carbocycles. The van der Waals surface area contributed by atoms with E-state index in [9.17, 15) is 14.3 Å². The van der Waals surface area contributed by atoms with Gasteiger partial charge in [0.25, 0.3) is 12.4 Å². The monoisotopic (exact) mass is 507 g/mol. The molecular formula is C30H34FNO5. The Kier molecular flexibility index (Phi) is 10.2. The molecule has 1 fully saturated rings. The molecule has 0 unspecified atom stereocenters. The molecule has 0 atom stereocenters. The molecular weight excluding hydrogens is 473 g/mol. The van der Waals surface area contributed by atoms with E-state index in [1.165, 1.54) is 23.8 Å². The van der Waals surface area contributed by atoms with Crippen molar-refractivity contribution in [3.63, 3.8) is 0 Å². The molecule has 2 N–H and O–H groups in total. The smallest absolute Gasteiger partial charge is 0.290 e. The second kappa shape index (κ2) is 13.6. The maximum atomic E-state index is 14.1. The first-order valence-corrected chi connectivity index (χ1v) is 12.6. The Morgan fingerprint density at radius 1 is 1.00 bits per heavy atom. The SMILES string of the molecule is CCCCCCOc1ccccc1CN(C(=O)c1ccc(-c2ccccc2F)cc1)C1(O)CC1.O=CO. The summed E-state index contributed by atoms with van der Waals surface area (Å²) in [5.41, 5.74) is 1.38. The van der Waals surface area contributed by atoms with Crippen LogP contribution in [0, 0.1) is 5.82 Å². The van der Waals surface area contributed by atoms with E-state index in [4.69, 9.17) is 14.6 Å². The lowest BCUT2D eigenvalue weighted by Gasteiger charge is -2.29. The number of ether oxygens (including phenoxy) is 1. The molecule has 0 spiro atoms. The minimum Gasteiger partial charge on any atom is -0.493 e. The van der Waals surface area contributed by atoms with Crippen molar-refractivity contribution in [2.24, 2.45) is 0 Å². The van der Waals surface area contributed by atoms with E-state index in [2.05, 4.69) is 6.92 Å². The summed E-state index contributed by atoms with van der Waals surface area (Å²) in [5.74, 6) is 0.190. The lowest BCUT2D eigenvalue weighted by atomic mass is 10.0. The van der Waals surface area contributed by atoms with Crippen LogP contribution < -0.4 is 4.74 Å². The van der Waals surface area contributed by atoms with E-state index >= 15 is 0 Å². The number of para-hydroxylation sites is 1.